The van der Waals surface area contributed by atoms with E-state index < -0.39 is 66.1 Å². The van der Waals surface area contributed by atoms with Crippen LogP contribution in [0.5, 0.6) is 0 Å². The normalized spacial score (nSPS) is 14.5. The molecular weight excluding hydrogens is 508 g/mol. The molecule has 1 aromatic rings. The molecule has 0 heterocycles. The molecule has 0 saturated heterocycles. The highest BCUT2D eigenvalue weighted by Gasteiger charge is 2.32. The molecule has 0 bridgehead atoms. The van der Waals surface area contributed by atoms with Gasteiger partial charge in [0, 0.05) is 6.54 Å². The predicted molar refractivity (Wildman–Crippen MR) is 145 cm³/mol. The third-order valence-corrected chi connectivity index (χ3v) is 6.03. The van der Waals surface area contributed by atoms with Crippen LogP contribution in [-0.2, 0) is 30.4 Å². The van der Waals surface area contributed by atoms with E-state index in [1.165, 1.54) is 0 Å². The number of hydrogen-bond acceptors (Lipinski definition) is 7. The molecule has 4 amide bonds. The number of guanidine groups is 1. The molecule has 39 heavy (non-hydrogen) atoms. The van der Waals surface area contributed by atoms with Crippen LogP contribution >= 0.6 is 0 Å². The number of aliphatic carboxylic acids is 1. The van der Waals surface area contributed by atoms with Gasteiger partial charge >= 0.3 is 5.97 Å². The van der Waals surface area contributed by atoms with Crippen LogP contribution in [0.4, 0.5) is 0 Å². The lowest BCUT2D eigenvalue weighted by molar-refractivity contribution is -0.144. The van der Waals surface area contributed by atoms with E-state index >= 15 is 0 Å². The maximum Gasteiger partial charge on any atom is 0.326 e. The zero-order valence-corrected chi connectivity index (χ0v) is 22.3. The lowest BCUT2D eigenvalue weighted by Crippen LogP contribution is -2.58. The number of nitrogens with two attached hydrogens (primary N) is 4. The Morgan fingerprint density at radius 1 is 0.923 bits per heavy atom. The van der Waals surface area contributed by atoms with Crippen molar-refractivity contribution in [2.24, 2.45) is 33.8 Å². The fourth-order valence-electron chi connectivity index (χ4n) is 3.63. The van der Waals surface area contributed by atoms with Crippen molar-refractivity contribution in [2.45, 2.75) is 70.1 Å². The quantitative estimate of drug-likeness (QED) is 0.0611. The highest BCUT2D eigenvalue weighted by molar-refractivity contribution is 5.96. The Morgan fingerprint density at radius 3 is 2.05 bits per heavy atom. The fourth-order valence-corrected chi connectivity index (χ4v) is 3.63. The minimum absolute atomic E-state index is 0.0714. The van der Waals surface area contributed by atoms with Gasteiger partial charge in [0.15, 0.2) is 5.96 Å². The molecule has 0 aliphatic heterocycles. The van der Waals surface area contributed by atoms with Crippen LogP contribution < -0.4 is 38.9 Å². The van der Waals surface area contributed by atoms with Gasteiger partial charge in [0.05, 0.1) is 12.5 Å². The maximum atomic E-state index is 13.2. The molecule has 1 rings (SSSR count). The molecule has 0 fully saturated rings. The van der Waals surface area contributed by atoms with Gasteiger partial charge < -0.3 is 44.0 Å². The second-order valence-electron chi connectivity index (χ2n) is 9.25. The van der Waals surface area contributed by atoms with Crippen molar-refractivity contribution in [3.63, 3.8) is 0 Å². The van der Waals surface area contributed by atoms with E-state index in [1.54, 1.807) is 26.0 Å². The Kier molecular flexibility index (Phi) is 14.0. The molecule has 0 aliphatic rings. The lowest BCUT2D eigenvalue weighted by atomic mass is 9.98. The average molecular weight is 549 g/mol. The summed E-state index contributed by atoms with van der Waals surface area (Å²) in [6.07, 6.45) is 0.436. The SMILES string of the molecule is CCC(C)C(NC(=O)C(CC(N)=O)NC(=O)C(CCCN=C(N)N)NC(=O)C(N)Cc1ccccc1)C(=O)O. The first-order valence-electron chi connectivity index (χ1n) is 12.6. The summed E-state index contributed by atoms with van der Waals surface area (Å²) in [6, 6.07) is 4.19. The van der Waals surface area contributed by atoms with Gasteiger partial charge in [-0.15, -0.1) is 0 Å². The number of carboxylic acids is 1. The number of carboxylic acid groups (broad SMARTS) is 1. The third kappa shape index (κ3) is 12.3. The molecular formula is C25H40N8O6. The summed E-state index contributed by atoms with van der Waals surface area (Å²) in [7, 11) is 0. The van der Waals surface area contributed by atoms with Crippen molar-refractivity contribution in [2.75, 3.05) is 6.54 Å². The van der Waals surface area contributed by atoms with E-state index in [1.807, 2.05) is 18.2 Å². The van der Waals surface area contributed by atoms with E-state index in [4.69, 9.17) is 22.9 Å². The number of benzene rings is 1. The number of aliphatic imine (C=N–C) groups is 1. The summed E-state index contributed by atoms with van der Waals surface area (Å²) >= 11 is 0. The number of rotatable bonds is 17. The number of primary amides is 1. The Morgan fingerprint density at radius 2 is 1.51 bits per heavy atom. The first-order valence-corrected chi connectivity index (χ1v) is 12.6. The Hall–Kier alpha value is -4.20. The molecule has 5 atom stereocenters. The largest absolute Gasteiger partial charge is 0.480 e. The van der Waals surface area contributed by atoms with E-state index in [9.17, 15) is 29.1 Å². The summed E-state index contributed by atoms with van der Waals surface area (Å²) in [5.41, 5.74) is 22.8. The minimum Gasteiger partial charge on any atom is -0.480 e. The molecule has 0 spiro atoms. The molecule has 0 radical (unpaired) electrons. The van der Waals surface area contributed by atoms with Crippen LogP contribution in [0.25, 0.3) is 0 Å². The van der Waals surface area contributed by atoms with Crippen LogP contribution in [0.1, 0.15) is 45.1 Å². The van der Waals surface area contributed by atoms with E-state index in [0.29, 0.717) is 6.42 Å². The van der Waals surface area contributed by atoms with Gasteiger partial charge in [-0.1, -0.05) is 50.6 Å². The first kappa shape index (κ1) is 32.8. The molecule has 12 N–H and O–H groups in total. The predicted octanol–water partition coefficient (Wildman–Crippen LogP) is -1.93. The molecule has 0 saturated carbocycles. The highest BCUT2D eigenvalue weighted by atomic mass is 16.4. The van der Waals surface area contributed by atoms with Crippen LogP contribution in [0.2, 0.25) is 0 Å². The van der Waals surface area contributed by atoms with Crippen LogP contribution in [-0.4, -0.2) is 71.4 Å². The number of carbonyl (C=O) groups excluding carboxylic acids is 4. The Bertz CT molecular complexity index is 1020. The number of amides is 4. The first-order chi connectivity index (χ1) is 18.3. The van der Waals surface area contributed by atoms with E-state index in [0.717, 1.165) is 5.56 Å². The lowest BCUT2D eigenvalue weighted by Gasteiger charge is -2.26. The van der Waals surface area contributed by atoms with Gasteiger partial charge in [0.2, 0.25) is 23.6 Å². The zero-order valence-electron chi connectivity index (χ0n) is 22.3. The van der Waals surface area contributed by atoms with Crippen LogP contribution in [0.15, 0.2) is 35.3 Å². The molecule has 14 nitrogen and oxygen atoms in total. The average Bonchev–Trinajstić information content (AvgIpc) is 2.87. The summed E-state index contributed by atoms with van der Waals surface area (Å²) in [4.78, 5) is 66.0. The second-order valence-corrected chi connectivity index (χ2v) is 9.25. The van der Waals surface area contributed by atoms with Gasteiger partial charge in [0.25, 0.3) is 0 Å². The standard InChI is InChI=1S/C25H40N8O6/c1-3-14(2)20(24(38)39)33-23(37)18(13-19(27)34)32-22(36)17(10-7-11-30-25(28)29)31-21(35)16(26)12-15-8-5-4-6-9-15/h4-6,8-9,14,16-18,20H,3,7,10-13,26H2,1-2H3,(H2,27,34)(H,31,35)(H,32,36)(H,33,37)(H,38,39)(H4,28,29,30). The van der Waals surface area contributed by atoms with Crippen molar-refractivity contribution in [1.29, 1.82) is 0 Å². The topological polar surface area (TPSA) is 258 Å². The molecule has 14 heteroatoms. The van der Waals surface area contributed by atoms with Crippen LogP contribution in [0, 0.1) is 5.92 Å². The number of nitrogens with zero attached hydrogens (tertiary/aromatic N) is 1. The van der Waals surface area contributed by atoms with Crippen molar-refractivity contribution in [1.82, 2.24) is 16.0 Å². The summed E-state index contributed by atoms with van der Waals surface area (Å²) in [5.74, 6) is -5.04. The van der Waals surface area contributed by atoms with Gasteiger partial charge in [-0.05, 0) is 30.7 Å². The third-order valence-electron chi connectivity index (χ3n) is 6.03. The molecule has 1 aromatic carbocycles. The number of carbonyl (C=O) groups is 5. The monoisotopic (exact) mass is 548 g/mol. The molecule has 0 aliphatic carbocycles. The van der Waals surface area contributed by atoms with Gasteiger partial charge in [-0.2, -0.15) is 0 Å². The number of nitrogens with one attached hydrogen (secondary N) is 3. The Balaban J connectivity index is 3.05. The molecule has 5 unspecified atom stereocenters. The van der Waals surface area contributed by atoms with E-state index in [-0.39, 0.29) is 31.8 Å². The van der Waals surface area contributed by atoms with Crippen molar-refractivity contribution in [3.05, 3.63) is 35.9 Å². The van der Waals surface area contributed by atoms with Gasteiger partial charge in [0.1, 0.15) is 18.1 Å². The summed E-state index contributed by atoms with van der Waals surface area (Å²) < 4.78 is 0. The van der Waals surface area contributed by atoms with Gasteiger partial charge in [-0.25, -0.2) is 4.79 Å². The van der Waals surface area contributed by atoms with Crippen molar-refractivity contribution >= 4 is 35.6 Å². The second kappa shape index (κ2) is 16.6. The van der Waals surface area contributed by atoms with E-state index in [2.05, 4.69) is 20.9 Å². The smallest absolute Gasteiger partial charge is 0.326 e. The minimum atomic E-state index is -1.48. The van der Waals surface area contributed by atoms with Crippen molar-refractivity contribution in [3.8, 4) is 0 Å². The zero-order chi connectivity index (χ0) is 29.5. The number of hydrogen-bond donors (Lipinski definition) is 8. The highest BCUT2D eigenvalue weighted by Crippen LogP contribution is 2.09. The van der Waals surface area contributed by atoms with Crippen molar-refractivity contribution < 1.29 is 29.1 Å². The van der Waals surface area contributed by atoms with Gasteiger partial charge in [-0.3, -0.25) is 24.2 Å². The molecule has 216 valence electrons. The molecule has 0 aromatic heterocycles. The maximum absolute atomic E-state index is 13.2. The summed E-state index contributed by atoms with van der Waals surface area (Å²) in [6.45, 7) is 3.56. The summed E-state index contributed by atoms with van der Waals surface area (Å²) in [5, 5.41) is 16.8. The Labute approximate surface area is 227 Å². The fraction of sp³-hybridized carbons (Fsp3) is 0.520. The van der Waals surface area contributed by atoms with Crippen LogP contribution in [0.3, 0.4) is 0 Å².